The number of pyridine rings is 1. The average molecular weight is 366 g/mol. The highest BCUT2D eigenvalue weighted by molar-refractivity contribution is 7.84. The van der Waals surface area contributed by atoms with E-state index in [0.717, 1.165) is 16.7 Å². The highest BCUT2D eigenvalue weighted by Crippen LogP contribution is 2.19. The molecule has 132 valence electrons. The van der Waals surface area contributed by atoms with E-state index in [-0.39, 0.29) is 11.2 Å². The van der Waals surface area contributed by atoms with Crippen molar-refractivity contribution in [1.82, 2.24) is 19.5 Å². The lowest BCUT2D eigenvalue weighted by molar-refractivity contribution is 0.676. The van der Waals surface area contributed by atoms with E-state index in [9.17, 15) is 9.00 Å². The molecule has 0 aliphatic rings. The second-order valence-corrected chi connectivity index (χ2v) is 7.59. The number of benzene rings is 1. The Morgan fingerprint density at radius 2 is 1.96 bits per heavy atom. The Balaban J connectivity index is 1.65. The van der Waals surface area contributed by atoms with E-state index < -0.39 is 10.8 Å². The standard InChI is InChI=1S/C19H18N4O2S/c1-12-10-20-17(13(2)18(12)24)11-26(25)19-21-15-6-5-14(9-16(15)22-19)23-7-3-4-8-23/h3-10H,11H2,1-2H3,(H,20,24)(H,21,22). The molecule has 4 rings (SSSR count). The van der Waals surface area contributed by atoms with Gasteiger partial charge in [-0.3, -0.25) is 9.00 Å². The fourth-order valence-electron chi connectivity index (χ4n) is 2.90. The van der Waals surface area contributed by atoms with Crippen LogP contribution < -0.4 is 5.43 Å². The molecule has 0 saturated heterocycles. The molecule has 0 fully saturated rings. The van der Waals surface area contributed by atoms with Gasteiger partial charge in [-0.2, -0.15) is 0 Å². The van der Waals surface area contributed by atoms with E-state index in [2.05, 4.69) is 15.0 Å². The number of nitrogens with zero attached hydrogens (tertiary/aromatic N) is 2. The number of H-pyrrole nitrogens is 2. The molecule has 1 atom stereocenters. The molecule has 0 radical (unpaired) electrons. The van der Waals surface area contributed by atoms with Gasteiger partial charge < -0.3 is 14.5 Å². The van der Waals surface area contributed by atoms with Crippen LogP contribution in [0.15, 0.2) is 58.9 Å². The third-order valence-corrected chi connectivity index (χ3v) is 5.63. The molecule has 0 spiro atoms. The van der Waals surface area contributed by atoms with Gasteiger partial charge in [-0.15, -0.1) is 0 Å². The van der Waals surface area contributed by atoms with Crippen LogP contribution in [-0.4, -0.2) is 23.7 Å². The Bertz CT molecular complexity index is 1170. The second kappa shape index (κ2) is 6.42. The molecule has 26 heavy (non-hydrogen) atoms. The van der Waals surface area contributed by atoms with Crippen molar-refractivity contribution < 1.29 is 4.21 Å². The Labute approximate surface area is 152 Å². The maximum Gasteiger partial charge on any atom is 0.197 e. The molecule has 0 aliphatic carbocycles. The van der Waals surface area contributed by atoms with Gasteiger partial charge in [0.1, 0.15) is 0 Å². The third-order valence-electron chi connectivity index (χ3n) is 4.45. The minimum absolute atomic E-state index is 0.0169. The Kier molecular flexibility index (Phi) is 4.08. The molecular formula is C19H18N4O2S. The molecule has 1 aromatic carbocycles. The van der Waals surface area contributed by atoms with Crippen LogP contribution in [0.5, 0.6) is 0 Å². The molecule has 0 saturated carbocycles. The lowest BCUT2D eigenvalue weighted by Gasteiger charge is -2.05. The molecule has 3 aromatic heterocycles. The van der Waals surface area contributed by atoms with E-state index in [1.165, 1.54) is 0 Å². The topological polar surface area (TPSA) is 83.5 Å². The summed E-state index contributed by atoms with van der Waals surface area (Å²) in [5, 5.41) is 0.408. The zero-order chi connectivity index (χ0) is 18.3. The first-order valence-corrected chi connectivity index (χ1v) is 9.54. The van der Waals surface area contributed by atoms with E-state index >= 15 is 0 Å². The van der Waals surface area contributed by atoms with Crippen LogP contribution in [0.4, 0.5) is 0 Å². The van der Waals surface area contributed by atoms with Gasteiger partial charge in [0.25, 0.3) is 0 Å². The van der Waals surface area contributed by atoms with Crippen LogP contribution in [0.3, 0.4) is 0 Å². The van der Waals surface area contributed by atoms with Crippen LogP contribution in [0.1, 0.15) is 16.8 Å². The normalized spacial score (nSPS) is 12.5. The molecule has 0 bridgehead atoms. The van der Waals surface area contributed by atoms with Gasteiger partial charge in [0.15, 0.2) is 10.6 Å². The van der Waals surface area contributed by atoms with Crippen LogP contribution >= 0.6 is 0 Å². The summed E-state index contributed by atoms with van der Waals surface area (Å²) in [5.74, 6) is 0.214. The summed E-state index contributed by atoms with van der Waals surface area (Å²) >= 11 is 0. The van der Waals surface area contributed by atoms with E-state index in [1.807, 2.05) is 47.3 Å². The fraction of sp³-hybridized carbons (Fsp3) is 0.158. The van der Waals surface area contributed by atoms with Gasteiger partial charge >= 0.3 is 0 Å². The lowest BCUT2D eigenvalue weighted by atomic mass is 10.2. The first-order valence-electron chi connectivity index (χ1n) is 8.22. The molecule has 2 N–H and O–H groups in total. The average Bonchev–Trinajstić information content (AvgIpc) is 3.30. The maximum atomic E-state index is 12.7. The molecular weight excluding hydrogens is 348 g/mol. The molecule has 4 aromatic rings. The predicted molar refractivity (Wildman–Crippen MR) is 102 cm³/mol. The van der Waals surface area contributed by atoms with Crippen LogP contribution in [0, 0.1) is 13.8 Å². The number of aromatic amines is 2. The van der Waals surface area contributed by atoms with Crippen molar-refractivity contribution in [2.45, 2.75) is 24.8 Å². The summed E-state index contributed by atoms with van der Waals surface area (Å²) in [6.07, 6.45) is 5.59. The first-order chi connectivity index (χ1) is 12.5. The molecule has 3 heterocycles. The van der Waals surface area contributed by atoms with Gasteiger partial charge in [-0.25, -0.2) is 4.98 Å². The zero-order valence-corrected chi connectivity index (χ0v) is 15.3. The minimum atomic E-state index is -1.38. The summed E-state index contributed by atoms with van der Waals surface area (Å²) < 4.78 is 14.7. The SMILES string of the molecule is Cc1c[nH]c(CS(=O)c2nc3ccc(-n4cccc4)cc3[nH]2)c(C)c1=O. The largest absolute Gasteiger partial charge is 0.363 e. The summed E-state index contributed by atoms with van der Waals surface area (Å²) in [7, 11) is -1.38. The van der Waals surface area contributed by atoms with Gasteiger partial charge in [-0.1, -0.05) is 0 Å². The number of aromatic nitrogens is 4. The first kappa shape index (κ1) is 16.5. The molecule has 0 amide bonds. The maximum absolute atomic E-state index is 12.7. The third kappa shape index (κ3) is 2.90. The van der Waals surface area contributed by atoms with Crippen molar-refractivity contribution >= 4 is 21.8 Å². The van der Waals surface area contributed by atoms with Crippen LogP contribution in [0.2, 0.25) is 0 Å². The van der Waals surface area contributed by atoms with Gasteiger partial charge in [-0.05, 0) is 44.2 Å². The monoisotopic (exact) mass is 366 g/mol. The number of nitrogens with one attached hydrogen (secondary N) is 2. The van der Waals surface area contributed by atoms with Gasteiger partial charge in [0.2, 0.25) is 0 Å². The number of rotatable bonds is 4. The number of fused-ring (bicyclic) bond motifs is 1. The highest BCUT2D eigenvalue weighted by Gasteiger charge is 2.14. The van der Waals surface area contributed by atoms with E-state index in [4.69, 9.17) is 0 Å². The zero-order valence-electron chi connectivity index (χ0n) is 14.4. The van der Waals surface area contributed by atoms with Gasteiger partial charge in [0.05, 0.1) is 27.6 Å². The Hall–Kier alpha value is -2.93. The van der Waals surface area contributed by atoms with Crippen LogP contribution in [0.25, 0.3) is 16.7 Å². The Morgan fingerprint density at radius 1 is 1.19 bits per heavy atom. The van der Waals surface area contributed by atoms with Crippen LogP contribution in [-0.2, 0) is 16.6 Å². The fourth-order valence-corrected chi connectivity index (χ4v) is 4.02. The Morgan fingerprint density at radius 3 is 2.73 bits per heavy atom. The molecule has 6 nitrogen and oxygen atoms in total. The summed E-state index contributed by atoms with van der Waals surface area (Å²) in [6, 6.07) is 9.77. The summed E-state index contributed by atoms with van der Waals surface area (Å²) in [5.41, 5.74) is 4.50. The van der Waals surface area contributed by atoms with E-state index in [0.29, 0.717) is 22.0 Å². The lowest BCUT2D eigenvalue weighted by Crippen LogP contribution is -2.14. The van der Waals surface area contributed by atoms with Crippen molar-refractivity contribution in [3.05, 3.63) is 76.0 Å². The van der Waals surface area contributed by atoms with Crippen molar-refractivity contribution in [1.29, 1.82) is 0 Å². The molecule has 0 aliphatic heterocycles. The van der Waals surface area contributed by atoms with Gasteiger partial charge in [0, 0.05) is 41.1 Å². The molecule has 7 heteroatoms. The summed E-state index contributed by atoms with van der Waals surface area (Å²) in [4.78, 5) is 22.7. The molecule has 1 unspecified atom stereocenters. The second-order valence-electron chi connectivity index (χ2n) is 6.23. The number of imidazole rings is 1. The number of hydrogen-bond donors (Lipinski definition) is 2. The van der Waals surface area contributed by atoms with Crippen molar-refractivity contribution in [2.24, 2.45) is 0 Å². The van der Waals surface area contributed by atoms with Crippen molar-refractivity contribution in [3.63, 3.8) is 0 Å². The number of hydrogen-bond acceptors (Lipinski definition) is 3. The number of aryl methyl sites for hydroxylation is 1. The quantitative estimate of drug-likeness (QED) is 0.582. The predicted octanol–water partition coefficient (Wildman–Crippen LogP) is 2.97. The highest BCUT2D eigenvalue weighted by atomic mass is 32.2. The van der Waals surface area contributed by atoms with E-state index in [1.54, 1.807) is 20.0 Å². The minimum Gasteiger partial charge on any atom is -0.363 e. The van der Waals surface area contributed by atoms with Crippen molar-refractivity contribution in [3.8, 4) is 5.69 Å². The smallest absolute Gasteiger partial charge is 0.197 e. The van der Waals surface area contributed by atoms with Crippen molar-refractivity contribution in [2.75, 3.05) is 0 Å². The summed E-state index contributed by atoms with van der Waals surface area (Å²) in [6.45, 7) is 3.51.